The first-order chi connectivity index (χ1) is 8.17. The maximum atomic E-state index is 11.9. The zero-order valence-corrected chi connectivity index (χ0v) is 11.8. The fraction of sp³-hybridized carbons (Fsp3) is 0.800. The number of ketones is 1. The van der Waals surface area contributed by atoms with E-state index in [0.29, 0.717) is 6.42 Å². The van der Waals surface area contributed by atoms with Crippen LogP contribution >= 0.6 is 0 Å². The molecule has 0 aromatic carbocycles. The molecule has 1 saturated carbocycles. The Bertz CT molecular complexity index is 402. The number of hydrogen-bond acceptors (Lipinski definition) is 3. The van der Waals surface area contributed by atoms with Crippen LogP contribution in [-0.4, -0.2) is 27.7 Å². The van der Waals surface area contributed by atoms with E-state index in [9.17, 15) is 15.0 Å². The minimum Gasteiger partial charge on any atom is -0.390 e. The molecule has 3 nitrogen and oxygen atoms in total. The van der Waals surface area contributed by atoms with Crippen LogP contribution in [0.25, 0.3) is 0 Å². The van der Waals surface area contributed by atoms with Crippen LogP contribution in [0.5, 0.6) is 0 Å². The number of allylic oxidation sites excluding steroid dienone is 1. The van der Waals surface area contributed by atoms with Crippen LogP contribution in [-0.2, 0) is 4.79 Å². The summed E-state index contributed by atoms with van der Waals surface area (Å²) in [6.07, 6.45) is 2.48. The first-order valence-electron chi connectivity index (χ1n) is 6.82. The molecule has 1 fully saturated rings. The van der Waals surface area contributed by atoms with Gasteiger partial charge >= 0.3 is 0 Å². The summed E-state index contributed by atoms with van der Waals surface area (Å²) in [6.45, 7) is 7.45. The van der Waals surface area contributed by atoms with Crippen molar-refractivity contribution in [1.29, 1.82) is 0 Å². The van der Waals surface area contributed by atoms with Crippen molar-refractivity contribution in [3.8, 4) is 0 Å². The SMILES string of the molecule is CC1=C2[C@H](O)[C@H](C(C)(C)O)CC[C@@]2(C)CCC1=O. The number of rotatable bonds is 1. The predicted molar refractivity (Wildman–Crippen MR) is 70.1 cm³/mol. The van der Waals surface area contributed by atoms with Crippen LogP contribution < -0.4 is 0 Å². The van der Waals surface area contributed by atoms with Gasteiger partial charge in [0, 0.05) is 12.3 Å². The van der Waals surface area contributed by atoms with E-state index in [2.05, 4.69) is 6.92 Å². The Morgan fingerprint density at radius 3 is 2.50 bits per heavy atom. The molecule has 0 saturated heterocycles. The fourth-order valence-electron chi connectivity index (χ4n) is 3.73. The molecule has 0 aliphatic heterocycles. The summed E-state index contributed by atoms with van der Waals surface area (Å²) >= 11 is 0. The maximum Gasteiger partial charge on any atom is 0.158 e. The summed E-state index contributed by atoms with van der Waals surface area (Å²) in [5, 5.41) is 20.8. The number of aliphatic hydroxyl groups is 2. The summed E-state index contributed by atoms with van der Waals surface area (Å²) in [6, 6.07) is 0. The second kappa shape index (κ2) is 4.17. The van der Waals surface area contributed by atoms with Crippen molar-refractivity contribution >= 4 is 5.78 Å². The molecule has 2 aliphatic rings. The predicted octanol–water partition coefficient (Wildman–Crippen LogP) is 2.21. The molecule has 2 aliphatic carbocycles. The molecule has 0 aromatic heterocycles. The topological polar surface area (TPSA) is 57.5 Å². The fourth-order valence-corrected chi connectivity index (χ4v) is 3.73. The van der Waals surface area contributed by atoms with Gasteiger partial charge in [-0.2, -0.15) is 0 Å². The highest BCUT2D eigenvalue weighted by molar-refractivity contribution is 5.97. The minimum atomic E-state index is -0.908. The molecule has 0 amide bonds. The third-order valence-electron chi connectivity index (χ3n) is 4.97. The zero-order valence-electron chi connectivity index (χ0n) is 11.8. The van der Waals surface area contributed by atoms with Gasteiger partial charge in [0.25, 0.3) is 0 Å². The Hall–Kier alpha value is -0.670. The van der Waals surface area contributed by atoms with E-state index in [1.165, 1.54) is 0 Å². The third-order valence-corrected chi connectivity index (χ3v) is 4.97. The third kappa shape index (κ3) is 2.04. The van der Waals surface area contributed by atoms with Crippen molar-refractivity contribution in [2.75, 3.05) is 0 Å². The van der Waals surface area contributed by atoms with Crippen LogP contribution in [0.15, 0.2) is 11.1 Å². The van der Waals surface area contributed by atoms with Crippen LogP contribution in [0, 0.1) is 11.3 Å². The van der Waals surface area contributed by atoms with Gasteiger partial charge in [0.15, 0.2) is 5.78 Å². The lowest BCUT2D eigenvalue weighted by Gasteiger charge is -2.49. The molecule has 3 heteroatoms. The highest BCUT2D eigenvalue weighted by Crippen LogP contribution is 2.52. The zero-order chi connectivity index (χ0) is 13.7. The number of carbonyl (C=O) groups excluding carboxylic acids is 1. The van der Waals surface area contributed by atoms with Gasteiger partial charge in [-0.3, -0.25) is 4.79 Å². The van der Waals surface area contributed by atoms with Crippen molar-refractivity contribution in [1.82, 2.24) is 0 Å². The van der Waals surface area contributed by atoms with Crippen LogP contribution in [0.3, 0.4) is 0 Å². The number of carbonyl (C=O) groups is 1. The Morgan fingerprint density at radius 1 is 1.33 bits per heavy atom. The van der Waals surface area contributed by atoms with Crippen molar-refractivity contribution in [3.05, 3.63) is 11.1 Å². The first-order valence-corrected chi connectivity index (χ1v) is 6.82. The van der Waals surface area contributed by atoms with E-state index >= 15 is 0 Å². The highest BCUT2D eigenvalue weighted by atomic mass is 16.3. The summed E-state index contributed by atoms with van der Waals surface area (Å²) in [7, 11) is 0. The van der Waals surface area contributed by atoms with Crippen molar-refractivity contribution in [3.63, 3.8) is 0 Å². The lowest BCUT2D eigenvalue weighted by atomic mass is 9.58. The Morgan fingerprint density at radius 2 is 1.94 bits per heavy atom. The summed E-state index contributed by atoms with van der Waals surface area (Å²) in [5.41, 5.74) is 0.649. The van der Waals surface area contributed by atoms with Gasteiger partial charge in [0.1, 0.15) is 0 Å². The van der Waals surface area contributed by atoms with Gasteiger partial charge in [0.05, 0.1) is 11.7 Å². The normalized spacial score (nSPS) is 37.8. The second-order valence-corrected chi connectivity index (χ2v) is 6.77. The monoisotopic (exact) mass is 252 g/mol. The molecular weight excluding hydrogens is 228 g/mol. The Kier molecular flexibility index (Phi) is 3.19. The lowest BCUT2D eigenvalue weighted by Crippen LogP contribution is -2.49. The molecule has 0 heterocycles. The van der Waals surface area contributed by atoms with E-state index in [1.807, 2.05) is 6.92 Å². The van der Waals surface area contributed by atoms with E-state index in [1.54, 1.807) is 13.8 Å². The van der Waals surface area contributed by atoms with Crippen LogP contribution in [0.1, 0.15) is 53.4 Å². The average molecular weight is 252 g/mol. The van der Waals surface area contributed by atoms with Gasteiger partial charge in [0.2, 0.25) is 0 Å². The molecule has 3 atom stereocenters. The minimum absolute atomic E-state index is 0.0564. The maximum absolute atomic E-state index is 11.9. The van der Waals surface area contributed by atoms with Gasteiger partial charge < -0.3 is 10.2 Å². The molecule has 102 valence electrons. The Labute approximate surface area is 109 Å². The summed E-state index contributed by atoms with van der Waals surface area (Å²) in [4.78, 5) is 11.9. The average Bonchev–Trinajstić information content (AvgIpc) is 2.22. The second-order valence-electron chi connectivity index (χ2n) is 6.77. The number of Topliss-reactive ketones (excluding diaryl/α,β-unsaturated/α-hetero) is 1. The first kappa shape index (κ1) is 13.8. The van der Waals surface area contributed by atoms with E-state index in [-0.39, 0.29) is 17.1 Å². The molecular formula is C15H24O3. The van der Waals surface area contributed by atoms with Gasteiger partial charge in [-0.1, -0.05) is 6.92 Å². The Balaban J connectivity index is 2.44. The molecule has 18 heavy (non-hydrogen) atoms. The van der Waals surface area contributed by atoms with E-state index < -0.39 is 11.7 Å². The largest absolute Gasteiger partial charge is 0.390 e. The standard InChI is InChI=1S/C15H24O3/c1-9-11(16)6-8-15(4)7-5-10(14(2,3)18)13(17)12(9)15/h10,13,17-18H,5-8H2,1-4H3/t10-,13-,15+/m1/s1. The molecule has 0 bridgehead atoms. The van der Waals surface area contributed by atoms with Crippen molar-refractivity contribution < 1.29 is 15.0 Å². The smallest absolute Gasteiger partial charge is 0.158 e. The number of fused-ring (bicyclic) bond motifs is 1. The molecule has 0 unspecified atom stereocenters. The van der Waals surface area contributed by atoms with Crippen molar-refractivity contribution in [2.24, 2.45) is 11.3 Å². The number of aliphatic hydroxyl groups excluding tert-OH is 1. The summed E-state index contributed by atoms with van der Waals surface area (Å²) in [5.74, 6) is -0.0284. The molecule has 2 rings (SSSR count). The van der Waals surface area contributed by atoms with Gasteiger partial charge in [-0.05, 0) is 56.6 Å². The van der Waals surface area contributed by atoms with Gasteiger partial charge in [-0.15, -0.1) is 0 Å². The molecule has 2 N–H and O–H groups in total. The summed E-state index contributed by atoms with van der Waals surface area (Å²) < 4.78 is 0. The quantitative estimate of drug-likeness (QED) is 0.752. The van der Waals surface area contributed by atoms with Gasteiger partial charge in [-0.25, -0.2) is 0 Å². The van der Waals surface area contributed by atoms with Crippen LogP contribution in [0.2, 0.25) is 0 Å². The molecule has 0 spiro atoms. The van der Waals surface area contributed by atoms with Crippen molar-refractivity contribution in [2.45, 2.75) is 65.1 Å². The molecule has 0 aromatic rings. The highest BCUT2D eigenvalue weighted by Gasteiger charge is 2.48. The number of hydrogen-bond donors (Lipinski definition) is 2. The lowest BCUT2D eigenvalue weighted by molar-refractivity contribution is -0.118. The van der Waals surface area contributed by atoms with E-state index in [0.717, 1.165) is 30.4 Å². The molecule has 0 radical (unpaired) electrons. The van der Waals surface area contributed by atoms with Crippen LogP contribution in [0.4, 0.5) is 0 Å². The van der Waals surface area contributed by atoms with E-state index in [4.69, 9.17) is 0 Å².